The summed E-state index contributed by atoms with van der Waals surface area (Å²) >= 11 is 0. The lowest BCUT2D eigenvalue weighted by Gasteiger charge is -2.16. The zero-order valence-corrected chi connectivity index (χ0v) is 6.99. The van der Waals surface area contributed by atoms with Crippen LogP contribution in [-0.4, -0.2) is 29.4 Å². The summed E-state index contributed by atoms with van der Waals surface area (Å²) in [6.45, 7) is 1.59. The Labute approximate surface area is 70.7 Å². The minimum atomic E-state index is -1.16. The van der Waals surface area contributed by atoms with E-state index in [9.17, 15) is 9.59 Å². The van der Waals surface area contributed by atoms with E-state index in [1.165, 1.54) is 6.92 Å². The molecule has 2 atom stereocenters. The monoisotopic (exact) mass is 174 g/mol. The number of hydrogen-bond acceptors (Lipinski definition) is 4. The third-order valence-corrected chi connectivity index (χ3v) is 1.72. The number of Topliss-reactive ketones (excluding diaryl/α,β-unsaturated/α-hetero) is 1. The van der Waals surface area contributed by atoms with Gasteiger partial charge in [0.25, 0.3) is 0 Å². The molecule has 0 amide bonds. The number of aliphatic carboxylic acids is 1. The second-order valence-electron chi connectivity index (χ2n) is 2.66. The van der Waals surface area contributed by atoms with Gasteiger partial charge in [0, 0.05) is 5.92 Å². The first kappa shape index (κ1) is 11.1. The van der Waals surface area contributed by atoms with Crippen LogP contribution in [0.25, 0.3) is 0 Å². The lowest BCUT2D eigenvalue weighted by Crippen LogP contribution is -2.42. The maximum absolute atomic E-state index is 10.9. The van der Waals surface area contributed by atoms with Crippen molar-refractivity contribution in [3.63, 3.8) is 0 Å². The molecule has 0 saturated heterocycles. The fraction of sp³-hybridized carbons (Fsp3) is 0.714. The molecule has 0 aromatic heterocycles. The molecule has 0 aromatic carbocycles. The lowest BCUT2D eigenvalue weighted by atomic mass is 9.93. The predicted octanol–water partition coefficient (Wildman–Crippen LogP) is -1.05. The van der Waals surface area contributed by atoms with E-state index >= 15 is 0 Å². The minimum Gasteiger partial charge on any atom is -0.480 e. The summed E-state index contributed by atoms with van der Waals surface area (Å²) in [7, 11) is 0. The van der Waals surface area contributed by atoms with Gasteiger partial charge in [-0.05, 0) is 19.9 Å². The second-order valence-corrected chi connectivity index (χ2v) is 2.66. The van der Waals surface area contributed by atoms with Crippen molar-refractivity contribution < 1.29 is 14.7 Å². The Hall–Kier alpha value is -0.940. The van der Waals surface area contributed by atoms with E-state index in [4.69, 9.17) is 16.6 Å². The van der Waals surface area contributed by atoms with Crippen LogP contribution in [0.3, 0.4) is 0 Å². The molecule has 5 nitrogen and oxygen atoms in total. The minimum absolute atomic E-state index is 0.227. The average molecular weight is 174 g/mol. The molecule has 12 heavy (non-hydrogen) atoms. The Kier molecular flexibility index (Phi) is 4.46. The van der Waals surface area contributed by atoms with Crippen LogP contribution in [0.5, 0.6) is 0 Å². The fourth-order valence-electron chi connectivity index (χ4n) is 0.987. The molecule has 70 valence electrons. The molecule has 0 heterocycles. The number of hydrogen-bond donors (Lipinski definition) is 3. The maximum atomic E-state index is 10.9. The Balaban J connectivity index is 4.28. The van der Waals surface area contributed by atoms with Crippen molar-refractivity contribution in [3.8, 4) is 0 Å². The molecule has 5 N–H and O–H groups in total. The zero-order chi connectivity index (χ0) is 9.72. The standard InChI is InChI=1S/C7H14N2O3/c1-4(10)5(2-3-8)6(9)7(11)12/h5-6H,2-3,8-9H2,1H3,(H,11,12)/t5?,6-/m0/s1. The van der Waals surface area contributed by atoms with Crippen LogP contribution >= 0.6 is 0 Å². The van der Waals surface area contributed by atoms with Crippen molar-refractivity contribution in [2.24, 2.45) is 17.4 Å². The van der Waals surface area contributed by atoms with Gasteiger partial charge in [-0.3, -0.25) is 9.59 Å². The highest BCUT2D eigenvalue weighted by Crippen LogP contribution is 2.07. The van der Waals surface area contributed by atoms with E-state index in [0.717, 1.165) is 0 Å². The van der Waals surface area contributed by atoms with Crippen LogP contribution in [0.1, 0.15) is 13.3 Å². The number of carboxylic acids is 1. The molecule has 0 aromatic rings. The van der Waals surface area contributed by atoms with Crippen LogP contribution in [0.2, 0.25) is 0 Å². The second kappa shape index (κ2) is 4.84. The molecular weight excluding hydrogens is 160 g/mol. The van der Waals surface area contributed by atoms with E-state index in [2.05, 4.69) is 0 Å². The summed E-state index contributed by atoms with van der Waals surface area (Å²) in [4.78, 5) is 21.3. The SMILES string of the molecule is CC(=O)C(CCN)[C@H](N)C(=O)O. The van der Waals surface area contributed by atoms with Crippen molar-refractivity contribution in [3.05, 3.63) is 0 Å². The number of ketones is 1. The molecule has 0 radical (unpaired) electrons. The molecular formula is C7H14N2O3. The molecule has 1 unspecified atom stereocenters. The Bertz CT molecular complexity index is 181. The van der Waals surface area contributed by atoms with E-state index in [1.54, 1.807) is 0 Å². The zero-order valence-electron chi connectivity index (χ0n) is 6.99. The van der Waals surface area contributed by atoms with E-state index in [1.807, 2.05) is 0 Å². The van der Waals surface area contributed by atoms with Crippen LogP contribution in [0.4, 0.5) is 0 Å². The number of carbonyl (C=O) groups is 2. The molecule has 0 spiro atoms. The van der Waals surface area contributed by atoms with Gasteiger partial charge in [0.05, 0.1) is 0 Å². The Morgan fingerprint density at radius 1 is 1.50 bits per heavy atom. The normalized spacial score (nSPS) is 15.2. The lowest BCUT2D eigenvalue weighted by molar-refractivity contribution is -0.142. The van der Waals surface area contributed by atoms with Gasteiger partial charge in [-0.2, -0.15) is 0 Å². The highest BCUT2D eigenvalue weighted by atomic mass is 16.4. The van der Waals surface area contributed by atoms with Crippen molar-refractivity contribution in [1.29, 1.82) is 0 Å². The van der Waals surface area contributed by atoms with Crippen molar-refractivity contribution in [1.82, 2.24) is 0 Å². The number of rotatable bonds is 5. The summed E-state index contributed by atoms with van der Waals surface area (Å²) < 4.78 is 0. The van der Waals surface area contributed by atoms with Crippen LogP contribution in [0, 0.1) is 5.92 Å². The largest absolute Gasteiger partial charge is 0.480 e. The van der Waals surface area contributed by atoms with Gasteiger partial charge in [-0.15, -0.1) is 0 Å². The quantitative estimate of drug-likeness (QED) is 0.493. The van der Waals surface area contributed by atoms with Gasteiger partial charge < -0.3 is 16.6 Å². The van der Waals surface area contributed by atoms with Gasteiger partial charge in [0.15, 0.2) is 0 Å². The first-order chi connectivity index (χ1) is 5.50. The third kappa shape index (κ3) is 2.98. The average Bonchev–Trinajstić information content (AvgIpc) is 1.98. The van der Waals surface area contributed by atoms with Crippen LogP contribution in [0.15, 0.2) is 0 Å². The van der Waals surface area contributed by atoms with E-state index in [-0.39, 0.29) is 12.3 Å². The number of nitrogens with two attached hydrogens (primary N) is 2. The Morgan fingerprint density at radius 3 is 2.25 bits per heavy atom. The molecule has 0 aliphatic carbocycles. The molecule has 5 heteroatoms. The van der Waals surface area contributed by atoms with Gasteiger partial charge >= 0.3 is 5.97 Å². The first-order valence-corrected chi connectivity index (χ1v) is 3.69. The van der Waals surface area contributed by atoms with E-state index < -0.39 is 17.9 Å². The molecule has 0 saturated carbocycles. The summed E-state index contributed by atoms with van der Waals surface area (Å²) in [6, 6.07) is -1.13. The van der Waals surface area contributed by atoms with Crippen molar-refractivity contribution in [2.45, 2.75) is 19.4 Å². The van der Waals surface area contributed by atoms with Gasteiger partial charge in [0.2, 0.25) is 0 Å². The first-order valence-electron chi connectivity index (χ1n) is 3.69. The molecule has 0 aliphatic rings. The van der Waals surface area contributed by atoms with Gasteiger partial charge in [-0.25, -0.2) is 0 Å². The van der Waals surface area contributed by atoms with Crippen LogP contribution in [-0.2, 0) is 9.59 Å². The topological polar surface area (TPSA) is 106 Å². The number of carboxylic acid groups (broad SMARTS) is 1. The Morgan fingerprint density at radius 2 is 2.00 bits per heavy atom. The summed E-state index contributed by atoms with van der Waals surface area (Å²) in [6.07, 6.45) is 0.322. The molecule has 0 aliphatic heterocycles. The van der Waals surface area contributed by atoms with Gasteiger partial charge in [-0.1, -0.05) is 0 Å². The predicted molar refractivity (Wildman–Crippen MR) is 43.5 cm³/mol. The maximum Gasteiger partial charge on any atom is 0.321 e. The van der Waals surface area contributed by atoms with Crippen molar-refractivity contribution in [2.75, 3.05) is 6.54 Å². The third-order valence-electron chi connectivity index (χ3n) is 1.72. The molecule has 0 fully saturated rings. The summed E-state index contributed by atoms with van der Waals surface area (Å²) in [5.74, 6) is -2.05. The van der Waals surface area contributed by atoms with Crippen molar-refractivity contribution >= 4 is 11.8 Å². The number of carbonyl (C=O) groups excluding carboxylic acids is 1. The summed E-state index contributed by atoms with van der Waals surface area (Å²) in [5, 5.41) is 8.51. The highest BCUT2D eigenvalue weighted by Gasteiger charge is 2.26. The summed E-state index contributed by atoms with van der Waals surface area (Å²) in [5.41, 5.74) is 10.5. The van der Waals surface area contributed by atoms with Gasteiger partial charge in [0.1, 0.15) is 11.8 Å². The fourth-order valence-corrected chi connectivity index (χ4v) is 0.987. The smallest absolute Gasteiger partial charge is 0.321 e. The molecule has 0 bridgehead atoms. The van der Waals surface area contributed by atoms with Crippen LogP contribution < -0.4 is 11.5 Å². The highest BCUT2D eigenvalue weighted by molar-refractivity contribution is 5.86. The van der Waals surface area contributed by atoms with E-state index in [0.29, 0.717) is 6.42 Å². The molecule has 0 rings (SSSR count).